The van der Waals surface area contributed by atoms with Crippen LogP contribution in [0.5, 0.6) is 0 Å². The van der Waals surface area contributed by atoms with E-state index >= 15 is 0 Å². The van der Waals surface area contributed by atoms with Crippen molar-refractivity contribution in [2.75, 3.05) is 0 Å². The van der Waals surface area contributed by atoms with Crippen LogP contribution in [0.1, 0.15) is 11.1 Å². The second-order valence-corrected chi connectivity index (χ2v) is 14.7. The number of nitrogens with zero attached hydrogens (tertiary/aromatic N) is 5. The van der Waals surface area contributed by atoms with E-state index in [-0.39, 0.29) is 20.1 Å². The number of benzene rings is 7. The van der Waals surface area contributed by atoms with E-state index in [1.54, 1.807) is 12.4 Å². The van der Waals surface area contributed by atoms with Gasteiger partial charge >= 0.3 is 20.1 Å². The molecule has 3 heterocycles. The summed E-state index contributed by atoms with van der Waals surface area (Å²) >= 11 is 0. The second kappa shape index (κ2) is 17.9. The Hall–Kier alpha value is -7.24. The summed E-state index contributed by atoms with van der Waals surface area (Å²) in [5.41, 5.74) is 17.7. The van der Waals surface area contributed by atoms with Crippen LogP contribution in [0.15, 0.2) is 207 Å². The Morgan fingerprint density at radius 3 is 1.46 bits per heavy atom. The Bertz CT molecular complexity index is 2850. The van der Waals surface area contributed by atoms with Gasteiger partial charge in [0.05, 0.1) is 0 Å². The van der Waals surface area contributed by atoms with Crippen LogP contribution in [0.2, 0.25) is 0 Å². The maximum Gasteiger partial charge on any atom is 3.00 e. The molecule has 3 aromatic heterocycles. The van der Waals surface area contributed by atoms with Crippen molar-refractivity contribution in [2.45, 2.75) is 12.8 Å². The van der Waals surface area contributed by atoms with Gasteiger partial charge in [-0.2, -0.15) is 46.6 Å². The van der Waals surface area contributed by atoms with Gasteiger partial charge in [0.25, 0.3) is 0 Å². The molecule has 292 valence electrons. The Balaban J connectivity index is 0.00000476. The van der Waals surface area contributed by atoms with E-state index in [0.29, 0.717) is 0 Å². The summed E-state index contributed by atoms with van der Waals surface area (Å²) < 4.78 is 3.66. The van der Waals surface area contributed by atoms with Crippen molar-refractivity contribution in [3.63, 3.8) is 0 Å². The van der Waals surface area contributed by atoms with Crippen molar-refractivity contribution in [2.24, 2.45) is 0 Å². The van der Waals surface area contributed by atoms with Gasteiger partial charge in [-0.15, -0.1) is 58.7 Å². The molecule has 6 heteroatoms. The molecule has 10 aromatic rings. The fraction of sp³-hybridized carbons (Fsp3) is 0.0364. The molecule has 0 aliphatic carbocycles. The zero-order valence-corrected chi connectivity index (χ0v) is 35.5. The van der Waals surface area contributed by atoms with Gasteiger partial charge in [0, 0.05) is 31.0 Å². The maximum atomic E-state index is 4.68. The van der Waals surface area contributed by atoms with E-state index < -0.39 is 0 Å². The monoisotopic (exact) mass is 961 g/mol. The first-order chi connectivity index (χ1) is 29.7. The van der Waals surface area contributed by atoms with E-state index in [1.165, 1.54) is 16.7 Å². The van der Waals surface area contributed by atoms with Gasteiger partial charge < -0.3 is 4.98 Å². The largest absolute Gasteiger partial charge is 3.00 e. The molecular formula is C55H38IrN5. The molecule has 0 aliphatic heterocycles. The van der Waals surface area contributed by atoms with Crippen molar-refractivity contribution >= 4 is 0 Å². The first-order valence-corrected chi connectivity index (χ1v) is 20.1. The van der Waals surface area contributed by atoms with Crippen molar-refractivity contribution < 1.29 is 20.1 Å². The average molecular weight is 961 g/mol. The predicted molar refractivity (Wildman–Crippen MR) is 241 cm³/mol. The summed E-state index contributed by atoms with van der Waals surface area (Å²) in [5, 5.41) is 8.79. The third kappa shape index (κ3) is 8.60. The standard InChI is InChI=1S/C55H38N5.Ir/c1-2-10-42(11-3-1)46-30-33-56-55(39-46)45-20-18-40(19-21-45)16-17-41-36-47(53-14-6-4-12-51(53)43-22-26-49(27-23-43)59-34-8-31-57-59)38-48(37-41)54-15-7-5-13-52(54)44-24-28-50(29-25-44)60-35-9-32-58-60;/h1-15,18-20,22-26,28,30-39H,16-17H2;/q-3;+3. The van der Waals surface area contributed by atoms with Crippen LogP contribution in [0.3, 0.4) is 0 Å². The summed E-state index contributed by atoms with van der Waals surface area (Å²) in [4.78, 5) is 4.68. The van der Waals surface area contributed by atoms with Crippen LogP contribution < -0.4 is 0 Å². The van der Waals surface area contributed by atoms with Gasteiger partial charge in [-0.25, -0.2) is 0 Å². The van der Waals surface area contributed by atoms with Gasteiger partial charge in [0.2, 0.25) is 0 Å². The van der Waals surface area contributed by atoms with Crippen LogP contribution in [-0.2, 0) is 32.9 Å². The Morgan fingerprint density at radius 1 is 0.393 bits per heavy atom. The quantitative estimate of drug-likeness (QED) is 0.121. The Labute approximate surface area is 370 Å². The van der Waals surface area contributed by atoms with E-state index in [2.05, 4.69) is 191 Å². The minimum Gasteiger partial charge on any atom is -0.305 e. The van der Waals surface area contributed by atoms with Gasteiger partial charge in [-0.05, 0) is 86.7 Å². The number of hydrogen-bond donors (Lipinski definition) is 0. The van der Waals surface area contributed by atoms with Crippen molar-refractivity contribution in [3.8, 4) is 78.3 Å². The summed E-state index contributed by atoms with van der Waals surface area (Å²) in [6.07, 6.45) is 11.0. The van der Waals surface area contributed by atoms with Gasteiger partial charge in [0.15, 0.2) is 0 Å². The molecule has 0 spiro atoms. The van der Waals surface area contributed by atoms with Gasteiger partial charge in [-0.3, -0.25) is 9.36 Å². The molecule has 0 saturated carbocycles. The minimum atomic E-state index is 0. The molecular weight excluding hydrogens is 923 g/mol. The van der Waals surface area contributed by atoms with Crippen LogP contribution in [-0.4, -0.2) is 24.5 Å². The molecule has 0 atom stereocenters. The van der Waals surface area contributed by atoms with E-state index in [0.717, 1.165) is 85.5 Å². The fourth-order valence-corrected chi connectivity index (χ4v) is 7.84. The summed E-state index contributed by atoms with van der Waals surface area (Å²) in [5.74, 6) is 0. The Kier molecular flexibility index (Phi) is 11.5. The summed E-state index contributed by atoms with van der Waals surface area (Å²) in [7, 11) is 0. The molecule has 0 radical (unpaired) electrons. The zero-order chi connectivity index (χ0) is 40.1. The van der Waals surface area contributed by atoms with Crippen molar-refractivity contribution in [3.05, 3.63) is 236 Å². The zero-order valence-electron chi connectivity index (χ0n) is 33.1. The third-order valence-electron chi connectivity index (χ3n) is 10.9. The van der Waals surface area contributed by atoms with Crippen LogP contribution in [0, 0.1) is 18.2 Å². The van der Waals surface area contributed by atoms with E-state index in [4.69, 9.17) is 0 Å². The molecule has 0 saturated heterocycles. The van der Waals surface area contributed by atoms with Crippen molar-refractivity contribution in [1.29, 1.82) is 0 Å². The molecule has 0 bridgehead atoms. The molecule has 0 unspecified atom stereocenters. The van der Waals surface area contributed by atoms with Crippen LogP contribution in [0.4, 0.5) is 0 Å². The summed E-state index contributed by atoms with van der Waals surface area (Å²) in [6.45, 7) is 0. The topological polar surface area (TPSA) is 48.5 Å². The van der Waals surface area contributed by atoms with Gasteiger partial charge in [0.1, 0.15) is 0 Å². The number of aryl methyl sites for hydroxylation is 2. The minimum absolute atomic E-state index is 0. The molecule has 7 aromatic carbocycles. The first-order valence-electron chi connectivity index (χ1n) is 20.1. The molecule has 0 fully saturated rings. The maximum absolute atomic E-state index is 4.68. The number of hydrogen-bond acceptors (Lipinski definition) is 3. The number of rotatable bonds is 11. The number of pyridine rings is 1. The SMILES string of the molecule is [Ir+3].[c-]1cc(CCc2cc(-c3ccccc3-c3c[c-]c(-n4cccn4)cc3)cc(-c3ccccc3-c3c[c-]c(-n4cccn4)cc3)c2)ccc1-c1cc(-c2ccccc2)ccn1. The first kappa shape index (κ1) is 39.2. The van der Waals surface area contributed by atoms with E-state index in [9.17, 15) is 0 Å². The molecule has 5 nitrogen and oxygen atoms in total. The normalized spacial score (nSPS) is 11.0. The molecule has 0 aliphatic rings. The molecule has 0 N–H and O–H groups in total. The molecule has 61 heavy (non-hydrogen) atoms. The summed E-state index contributed by atoms with van der Waals surface area (Å²) in [6, 6.07) is 72.3. The number of aromatic nitrogens is 5. The van der Waals surface area contributed by atoms with Gasteiger partial charge in [-0.1, -0.05) is 115 Å². The van der Waals surface area contributed by atoms with Crippen molar-refractivity contribution in [1.82, 2.24) is 24.5 Å². The van der Waals surface area contributed by atoms with Crippen LogP contribution in [0.25, 0.3) is 78.3 Å². The van der Waals surface area contributed by atoms with Crippen LogP contribution >= 0.6 is 0 Å². The third-order valence-corrected chi connectivity index (χ3v) is 10.9. The smallest absolute Gasteiger partial charge is 0.305 e. The molecule has 10 rings (SSSR count). The second-order valence-electron chi connectivity index (χ2n) is 14.7. The van der Waals surface area contributed by atoms with E-state index in [1.807, 2.05) is 46.2 Å². The Morgan fingerprint density at radius 2 is 0.951 bits per heavy atom. The fourth-order valence-electron chi connectivity index (χ4n) is 7.84. The predicted octanol–water partition coefficient (Wildman–Crippen LogP) is 12.6. The molecule has 0 amide bonds. The average Bonchev–Trinajstić information content (AvgIpc) is 4.08.